The molecule has 1 saturated heterocycles. The first-order chi connectivity index (χ1) is 12.1. The van der Waals surface area contributed by atoms with Gasteiger partial charge in [0.05, 0.1) is 19.1 Å². The number of methoxy groups -OCH3 is 1. The Morgan fingerprint density at radius 1 is 1.28 bits per heavy atom. The first-order valence-electron chi connectivity index (χ1n) is 8.51. The van der Waals surface area contributed by atoms with Crippen molar-refractivity contribution in [3.8, 4) is 5.75 Å². The summed E-state index contributed by atoms with van der Waals surface area (Å²) in [6.45, 7) is 4.12. The van der Waals surface area contributed by atoms with Crippen molar-refractivity contribution in [1.82, 2.24) is 10.2 Å². The smallest absolute Gasteiger partial charge is 0.230 e. The summed E-state index contributed by atoms with van der Waals surface area (Å²) in [4.78, 5) is 15.2. The lowest BCUT2D eigenvalue weighted by Crippen LogP contribution is -2.49. The minimum Gasteiger partial charge on any atom is -0.496 e. The van der Waals surface area contributed by atoms with E-state index in [-0.39, 0.29) is 17.9 Å². The Labute approximate surface area is 153 Å². The number of benzene rings is 2. The van der Waals surface area contributed by atoms with Gasteiger partial charge in [-0.15, -0.1) is 0 Å². The monoisotopic (exact) mass is 358 g/mol. The van der Waals surface area contributed by atoms with E-state index in [1.165, 1.54) is 0 Å². The van der Waals surface area contributed by atoms with Crippen molar-refractivity contribution >= 4 is 17.5 Å². The number of amides is 1. The fraction of sp³-hybridized carbons (Fsp3) is 0.350. The maximum absolute atomic E-state index is 13.2. The Hall–Kier alpha value is -2.04. The van der Waals surface area contributed by atoms with Gasteiger partial charge >= 0.3 is 0 Å². The van der Waals surface area contributed by atoms with Gasteiger partial charge in [-0.2, -0.15) is 0 Å². The molecule has 0 spiro atoms. The Morgan fingerprint density at radius 2 is 2.08 bits per heavy atom. The standard InChI is InChI=1S/C20H23ClN2O2/c1-14(15-6-5-7-16(21)12-15)20(24)23-11-10-22-13-18(23)17-8-3-4-9-19(17)25-2/h3-9,12,14,18,22H,10-11,13H2,1-2H3. The number of hydrogen-bond donors (Lipinski definition) is 1. The van der Waals surface area contributed by atoms with E-state index in [0.717, 1.165) is 23.4 Å². The zero-order valence-electron chi connectivity index (χ0n) is 14.5. The lowest BCUT2D eigenvalue weighted by atomic mass is 9.96. The number of para-hydroxylation sites is 1. The Balaban J connectivity index is 1.89. The summed E-state index contributed by atoms with van der Waals surface area (Å²) >= 11 is 6.09. The fourth-order valence-corrected chi connectivity index (χ4v) is 3.55. The predicted octanol–water partition coefficient (Wildman–Crippen LogP) is 3.63. The lowest BCUT2D eigenvalue weighted by Gasteiger charge is -2.38. The average Bonchev–Trinajstić information content (AvgIpc) is 2.66. The van der Waals surface area contributed by atoms with Crippen molar-refractivity contribution in [3.05, 3.63) is 64.7 Å². The molecule has 25 heavy (non-hydrogen) atoms. The van der Waals surface area contributed by atoms with Gasteiger partial charge < -0.3 is 15.0 Å². The van der Waals surface area contributed by atoms with Crippen LogP contribution in [0, 0.1) is 0 Å². The maximum Gasteiger partial charge on any atom is 0.230 e. The largest absolute Gasteiger partial charge is 0.496 e. The van der Waals surface area contributed by atoms with E-state index in [9.17, 15) is 4.79 Å². The zero-order valence-corrected chi connectivity index (χ0v) is 15.3. The van der Waals surface area contributed by atoms with E-state index in [1.807, 2.05) is 60.4 Å². The number of rotatable bonds is 4. The number of ether oxygens (including phenoxy) is 1. The van der Waals surface area contributed by atoms with Gasteiger partial charge in [0, 0.05) is 30.2 Å². The van der Waals surface area contributed by atoms with Crippen LogP contribution in [-0.4, -0.2) is 37.6 Å². The molecule has 132 valence electrons. The summed E-state index contributed by atoms with van der Waals surface area (Å²) in [5.41, 5.74) is 1.97. The van der Waals surface area contributed by atoms with Gasteiger partial charge in [-0.25, -0.2) is 0 Å². The minimum absolute atomic E-state index is 0.0426. The van der Waals surface area contributed by atoms with Gasteiger partial charge in [0.2, 0.25) is 5.91 Å². The van der Waals surface area contributed by atoms with E-state index < -0.39 is 0 Å². The molecule has 1 fully saturated rings. The molecule has 0 radical (unpaired) electrons. The molecule has 0 aliphatic carbocycles. The molecule has 5 heteroatoms. The molecule has 2 atom stereocenters. The maximum atomic E-state index is 13.2. The number of carbonyl (C=O) groups excluding carboxylic acids is 1. The molecular formula is C20H23ClN2O2. The number of hydrogen-bond acceptors (Lipinski definition) is 3. The fourth-order valence-electron chi connectivity index (χ4n) is 3.35. The molecule has 1 aliphatic heterocycles. The van der Waals surface area contributed by atoms with Gasteiger partial charge in [0.25, 0.3) is 0 Å². The van der Waals surface area contributed by atoms with Crippen LogP contribution in [0.5, 0.6) is 5.75 Å². The Kier molecular flexibility index (Phi) is 5.61. The number of piperazine rings is 1. The van der Waals surface area contributed by atoms with Crippen LogP contribution < -0.4 is 10.1 Å². The van der Waals surface area contributed by atoms with Gasteiger partial charge in [-0.1, -0.05) is 41.9 Å². The molecule has 1 heterocycles. The quantitative estimate of drug-likeness (QED) is 0.907. The van der Waals surface area contributed by atoms with Crippen LogP contribution in [0.4, 0.5) is 0 Å². The molecule has 2 unspecified atom stereocenters. The van der Waals surface area contributed by atoms with Crippen LogP contribution in [0.25, 0.3) is 0 Å². The van der Waals surface area contributed by atoms with E-state index >= 15 is 0 Å². The second-order valence-corrected chi connectivity index (χ2v) is 6.71. The van der Waals surface area contributed by atoms with Crippen LogP contribution >= 0.6 is 11.6 Å². The molecule has 0 aromatic heterocycles. The summed E-state index contributed by atoms with van der Waals surface area (Å²) in [6.07, 6.45) is 0. The van der Waals surface area contributed by atoms with Crippen molar-refractivity contribution in [2.24, 2.45) is 0 Å². The van der Waals surface area contributed by atoms with E-state index in [2.05, 4.69) is 5.32 Å². The van der Waals surface area contributed by atoms with Crippen molar-refractivity contribution in [3.63, 3.8) is 0 Å². The number of nitrogens with one attached hydrogen (secondary N) is 1. The molecular weight excluding hydrogens is 336 g/mol. The molecule has 0 bridgehead atoms. The Bertz CT molecular complexity index is 750. The minimum atomic E-state index is -0.242. The topological polar surface area (TPSA) is 41.6 Å². The van der Waals surface area contributed by atoms with Crippen LogP contribution in [0.2, 0.25) is 5.02 Å². The highest BCUT2D eigenvalue weighted by Crippen LogP contribution is 2.32. The van der Waals surface area contributed by atoms with Gasteiger partial charge in [-0.05, 0) is 30.7 Å². The number of carbonyl (C=O) groups is 1. The van der Waals surface area contributed by atoms with Crippen molar-refractivity contribution < 1.29 is 9.53 Å². The van der Waals surface area contributed by atoms with Crippen molar-refractivity contribution in [1.29, 1.82) is 0 Å². The van der Waals surface area contributed by atoms with Gasteiger partial charge in [0.1, 0.15) is 5.75 Å². The summed E-state index contributed by atoms with van der Waals surface area (Å²) < 4.78 is 5.50. The zero-order chi connectivity index (χ0) is 17.8. The van der Waals surface area contributed by atoms with Crippen LogP contribution in [-0.2, 0) is 4.79 Å². The second kappa shape index (κ2) is 7.89. The van der Waals surface area contributed by atoms with Crippen LogP contribution in [0.15, 0.2) is 48.5 Å². The second-order valence-electron chi connectivity index (χ2n) is 6.27. The van der Waals surface area contributed by atoms with Crippen molar-refractivity contribution in [2.75, 3.05) is 26.7 Å². The highest BCUT2D eigenvalue weighted by Gasteiger charge is 2.32. The summed E-state index contributed by atoms with van der Waals surface area (Å²) in [7, 11) is 1.66. The van der Waals surface area contributed by atoms with Gasteiger partial charge in [-0.3, -0.25) is 4.79 Å². The molecule has 2 aromatic rings. The SMILES string of the molecule is COc1ccccc1C1CNCCN1C(=O)C(C)c1cccc(Cl)c1. The first kappa shape index (κ1) is 17.8. The lowest BCUT2D eigenvalue weighted by molar-refractivity contribution is -0.135. The molecule has 4 nitrogen and oxygen atoms in total. The number of nitrogens with zero attached hydrogens (tertiary/aromatic N) is 1. The molecule has 1 aliphatic rings. The predicted molar refractivity (Wildman–Crippen MR) is 100 cm³/mol. The average molecular weight is 359 g/mol. The number of halogens is 1. The highest BCUT2D eigenvalue weighted by molar-refractivity contribution is 6.30. The van der Waals surface area contributed by atoms with E-state index in [1.54, 1.807) is 7.11 Å². The summed E-state index contributed by atoms with van der Waals surface area (Å²) in [5, 5.41) is 4.04. The summed E-state index contributed by atoms with van der Waals surface area (Å²) in [6, 6.07) is 15.4. The van der Waals surface area contributed by atoms with E-state index in [4.69, 9.17) is 16.3 Å². The van der Waals surface area contributed by atoms with Crippen LogP contribution in [0.3, 0.4) is 0 Å². The molecule has 1 N–H and O–H groups in total. The Morgan fingerprint density at radius 3 is 2.84 bits per heavy atom. The molecule has 2 aromatic carbocycles. The molecule has 1 amide bonds. The molecule has 0 saturated carbocycles. The van der Waals surface area contributed by atoms with Crippen LogP contribution in [0.1, 0.15) is 30.0 Å². The first-order valence-corrected chi connectivity index (χ1v) is 8.89. The van der Waals surface area contributed by atoms with Crippen molar-refractivity contribution in [2.45, 2.75) is 18.9 Å². The third-order valence-corrected chi connectivity index (χ3v) is 4.98. The highest BCUT2D eigenvalue weighted by atomic mass is 35.5. The van der Waals surface area contributed by atoms with E-state index in [0.29, 0.717) is 18.1 Å². The summed E-state index contributed by atoms with van der Waals surface area (Å²) in [5.74, 6) is 0.679. The third kappa shape index (κ3) is 3.80. The molecule has 3 rings (SSSR count). The normalized spacial score (nSPS) is 18.7. The van der Waals surface area contributed by atoms with Gasteiger partial charge in [0.15, 0.2) is 0 Å². The third-order valence-electron chi connectivity index (χ3n) is 4.74.